The number of hydrogen-bond acceptors (Lipinski definition) is 4. The molecule has 1 unspecified atom stereocenters. The lowest BCUT2D eigenvalue weighted by molar-refractivity contribution is -0.117. The van der Waals surface area contributed by atoms with Crippen molar-refractivity contribution in [2.45, 2.75) is 63.7 Å². The van der Waals surface area contributed by atoms with Crippen LogP contribution >= 0.6 is 11.8 Å². The van der Waals surface area contributed by atoms with E-state index in [2.05, 4.69) is 12.2 Å². The van der Waals surface area contributed by atoms with E-state index in [1.165, 1.54) is 32.1 Å². The fourth-order valence-electron chi connectivity index (χ4n) is 3.93. The van der Waals surface area contributed by atoms with Crippen molar-refractivity contribution in [3.05, 3.63) is 54.1 Å². The van der Waals surface area contributed by atoms with Gasteiger partial charge in [-0.3, -0.25) is 14.5 Å². The number of ether oxygens (including phenoxy) is 1. The summed E-state index contributed by atoms with van der Waals surface area (Å²) >= 11 is 1.60. The molecule has 1 fully saturated rings. The molecule has 172 valence electrons. The Balaban J connectivity index is 1.57. The first-order valence-electron chi connectivity index (χ1n) is 11.6. The van der Waals surface area contributed by atoms with Gasteiger partial charge in [0.25, 0.3) is 0 Å². The van der Waals surface area contributed by atoms with Crippen molar-refractivity contribution in [2.75, 3.05) is 23.1 Å². The number of methoxy groups -OCH3 is 1. The van der Waals surface area contributed by atoms with Gasteiger partial charge in [-0.1, -0.05) is 57.6 Å². The van der Waals surface area contributed by atoms with Crippen molar-refractivity contribution in [3.63, 3.8) is 0 Å². The van der Waals surface area contributed by atoms with Crippen LogP contribution in [0.1, 0.15) is 69.2 Å². The summed E-state index contributed by atoms with van der Waals surface area (Å²) in [4.78, 5) is 26.8. The van der Waals surface area contributed by atoms with E-state index < -0.39 is 0 Å². The molecular weight excluding hydrogens is 420 g/mol. The summed E-state index contributed by atoms with van der Waals surface area (Å²) in [5.41, 5.74) is 2.63. The van der Waals surface area contributed by atoms with E-state index in [-0.39, 0.29) is 17.2 Å². The van der Waals surface area contributed by atoms with Gasteiger partial charge in [0, 0.05) is 17.8 Å². The van der Waals surface area contributed by atoms with Crippen LogP contribution in [0, 0.1) is 0 Å². The molecular formula is C26H34N2O3S. The van der Waals surface area contributed by atoms with Crippen molar-refractivity contribution >= 4 is 35.0 Å². The Morgan fingerprint density at radius 2 is 1.78 bits per heavy atom. The highest BCUT2D eigenvalue weighted by Gasteiger charge is 2.34. The summed E-state index contributed by atoms with van der Waals surface area (Å²) in [6.45, 7) is 2.22. The second kappa shape index (κ2) is 12.5. The van der Waals surface area contributed by atoms with Gasteiger partial charge in [-0.15, -0.1) is 11.8 Å². The maximum absolute atomic E-state index is 12.6. The quantitative estimate of drug-likeness (QED) is 0.369. The molecule has 2 amide bonds. The first kappa shape index (κ1) is 24.2. The Morgan fingerprint density at radius 3 is 2.50 bits per heavy atom. The Bertz CT molecular complexity index is 885. The monoisotopic (exact) mass is 454 g/mol. The van der Waals surface area contributed by atoms with Gasteiger partial charge in [0.15, 0.2) is 0 Å². The highest BCUT2D eigenvalue weighted by atomic mass is 32.2. The molecule has 6 heteroatoms. The molecule has 1 aliphatic rings. The van der Waals surface area contributed by atoms with Crippen molar-refractivity contribution < 1.29 is 14.3 Å². The summed E-state index contributed by atoms with van der Waals surface area (Å²) in [5, 5.41) is 2.91. The number of carbonyl (C=O) groups excluding carboxylic acids is 2. The third kappa shape index (κ3) is 6.76. The molecule has 1 heterocycles. The summed E-state index contributed by atoms with van der Waals surface area (Å²) in [6.07, 6.45) is 8.91. The number of hydrogen-bond donors (Lipinski definition) is 1. The molecule has 0 aromatic heterocycles. The lowest BCUT2D eigenvalue weighted by Crippen LogP contribution is -2.27. The molecule has 3 rings (SSSR count). The minimum absolute atomic E-state index is 0.0536. The zero-order valence-corrected chi connectivity index (χ0v) is 20.0. The van der Waals surface area contributed by atoms with Crippen LogP contribution in [-0.4, -0.2) is 24.7 Å². The van der Waals surface area contributed by atoms with E-state index in [9.17, 15) is 9.59 Å². The Morgan fingerprint density at radius 1 is 1.06 bits per heavy atom. The second-order valence-electron chi connectivity index (χ2n) is 8.17. The summed E-state index contributed by atoms with van der Waals surface area (Å²) in [7, 11) is 1.63. The minimum atomic E-state index is -0.115. The molecule has 1 aliphatic heterocycles. The smallest absolute Gasteiger partial charge is 0.238 e. The fraction of sp³-hybridized carbons (Fsp3) is 0.462. The van der Waals surface area contributed by atoms with Crippen molar-refractivity contribution in [1.82, 2.24) is 0 Å². The maximum atomic E-state index is 12.6. The zero-order valence-electron chi connectivity index (χ0n) is 19.1. The van der Waals surface area contributed by atoms with Crippen molar-refractivity contribution in [3.8, 4) is 5.75 Å². The molecule has 1 atom stereocenters. The molecule has 0 saturated carbocycles. The van der Waals surface area contributed by atoms with Crippen LogP contribution in [0.3, 0.4) is 0 Å². The van der Waals surface area contributed by atoms with Crippen LogP contribution in [0.15, 0.2) is 48.5 Å². The average Bonchev–Trinajstić information content (AvgIpc) is 3.20. The number of rotatable bonds is 12. The number of nitrogens with zero attached hydrogens (tertiary/aromatic N) is 1. The van der Waals surface area contributed by atoms with Crippen LogP contribution < -0.4 is 15.0 Å². The number of carbonyl (C=O) groups is 2. The molecule has 5 nitrogen and oxygen atoms in total. The summed E-state index contributed by atoms with van der Waals surface area (Å²) < 4.78 is 5.23. The lowest BCUT2D eigenvalue weighted by Gasteiger charge is -2.25. The molecule has 0 aliphatic carbocycles. The van der Waals surface area contributed by atoms with Crippen LogP contribution in [0.25, 0.3) is 0 Å². The van der Waals surface area contributed by atoms with Crippen LogP contribution in [0.4, 0.5) is 11.4 Å². The number of anilines is 2. The SMILES string of the molecule is CCCCCCCCCC(=O)Nc1cccc(C2SCC(=O)N2c2ccc(OC)cc2)c1. The maximum Gasteiger partial charge on any atom is 0.238 e. The average molecular weight is 455 g/mol. The first-order valence-corrected chi connectivity index (χ1v) is 12.6. The van der Waals surface area contributed by atoms with Gasteiger partial charge < -0.3 is 10.1 Å². The van der Waals surface area contributed by atoms with Crippen LogP contribution in [0.5, 0.6) is 5.75 Å². The van der Waals surface area contributed by atoms with Crippen molar-refractivity contribution in [2.24, 2.45) is 0 Å². The van der Waals surface area contributed by atoms with E-state index >= 15 is 0 Å². The molecule has 1 saturated heterocycles. The standard InChI is InChI=1S/C26H34N2O3S/c1-3-4-5-6-7-8-9-13-24(29)27-21-12-10-11-20(18-21)26-28(25(30)19-32-26)22-14-16-23(31-2)17-15-22/h10-12,14-18,26H,3-9,13,19H2,1-2H3,(H,27,29). The number of nitrogens with one attached hydrogen (secondary N) is 1. The number of unbranched alkanes of at least 4 members (excludes halogenated alkanes) is 6. The second-order valence-corrected chi connectivity index (χ2v) is 9.24. The predicted octanol–water partition coefficient (Wildman–Crippen LogP) is 6.55. The van der Waals surface area contributed by atoms with Gasteiger partial charge in [0.05, 0.1) is 12.9 Å². The highest BCUT2D eigenvalue weighted by Crippen LogP contribution is 2.42. The van der Waals surface area contributed by atoms with E-state index in [0.29, 0.717) is 12.2 Å². The largest absolute Gasteiger partial charge is 0.497 e. The zero-order chi connectivity index (χ0) is 22.8. The first-order chi connectivity index (χ1) is 15.6. The third-order valence-corrected chi connectivity index (χ3v) is 6.89. The van der Waals surface area contributed by atoms with Gasteiger partial charge in [-0.05, 0) is 48.4 Å². The fourth-order valence-corrected chi connectivity index (χ4v) is 5.10. The summed E-state index contributed by atoms with van der Waals surface area (Å²) in [6, 6.07) is 15.4. The highest BCUT2D eigenvalue weighted by molar-refractivity contribution is 8.00. The minimum Gasteiger partial charge on any atom is -0.497 e. The molecule has 32 heavy (non-hydrogen) atoms. The number of benzene rings is 2. The van der Waals surface area contributed by atoms with Crippen molar-refractivity contribution in [1.29, 1.82) is 0 Å². The Hall–Kier alpha value is -2.47. The van der Waals surface area contributed by atoms with Gasteiger partial charge in [0.1, 0.15) is 11.1 Å². The van der Waals surface area contributed by atoms with E-state index in [0.717, 1.165) is 35.5 Å². The number of thioether (sulfide) groups is 1. The van der Waals surface area contributed by atoms with E-state index in [1.54, 1.807) is 18.9 Å². The Labute approximate surface area is 195 Å². The van der Waals surface area contributed by atoms with Gasteiger partial charge in [-0.2, -0.15) is 0 Å². The molecule has 2 aromatic rings. The molecule has 2 aromatic carbocycles. The molecule has 0 bridgehead atoms. The topological polar surface area (TPSA) is 58.6 Å². The summed E-state index contributed by atoms with van der Waals surface area (Å²) in [5.74, 6) is 1.33. The lowest BCUT2D eigenvalue weighted by atomic mass is 10.1. The van der Waals surface area contributed by atoms with Gasteiger partial charge in [0.2, 0.25) is 11.8 Å². The van der Waals surface area contributed by atoms with Crippen LogP contribution in [-0.2, 0) is 9.59 Å². The van der Waals surface area contributed by atoms with E-state index in [4.69, 9.17) is 4.74 Å². The van der Waals surface area contributed by atoms with Crippen LogP contribution in [0.2, 0.25) is 0 Å². The normalized spacial score (nSPS) is 15.8. The van der Waals surface area contributed by atoms with Gasteiger partial charge in [-0.25, -0.2) is 0 Å². The van der Waals surface area contributed by atoms with Gasteiger partial charge >= 0.3 is 0 Å². The third-order valence-electron chi connectivity index (χ3n) is 5.68. The van der Waals surface area contributed by atoms with E-state index in [1.807, 2.05) is 53.4 Å². The molecule has 0 spiro atoms. The molecule has 1 N–H and O–H groups in total. The molecule has 0 radical (unpaired) electrons. The predicted molar refractivity (Wildman–Crippen MR) is 133 cm³/mol. The Kier molecular flexibility index (Phi) is 9.47. The number of amides is 2.